The van der Waals surface area contributed by atoms with Crippen molar-refractivity contribution in [1.29, 1.82) is 0 Å². The summed E-state index contributed by atoms with van der Waals surface area (Å²) in [7, 11) is 0. The van der Waals surface area contributed by atoms with Crippen LogP contribution in [0.4, 0.5) is 0 Å². The molecule has 0 atom stereocenters. The molecule has 0 aliphatic carbocycles. The molecule has 0 aliphatic rings. The standard InChI is InChI=1S/C16H11N5OS2/c1-2-6-18-13(3-1)15-19-12(9-23-15)10-24-16-21-20-14(22-16)11-4-7-17-8-5-11/h1-9H,10H2. The Morgan fingerprint density at radius 1 is 1.04 bits per heavy atom. The summed E-state index contributed by atoms with van der Waals surface area (Å²) in [5.74, 6) is 1.16. The van der Waals surface area contributed by atoms with Crippen LogP contribution in [0.15, 0.2) is 63.9 Å². The monoisotopic (exact) mass is 353 g/mol. The minimum atomic E-state index is 0.493. The molecule has 0 radical (unpaired) electrons. The second-order valence-electron chi connectivity index (χ2n) is 4.76. The van der Waals surface area contributed by atoms with E-state index in [-0.39, 0.29) is 0 Å². The summed E-state index contributed by atoms with van der Waals surface area (Å²) in [6.45, 7) is 0. The normalized spacial score (nSPS) is 10.8. The molecule has 6 nitrogen and oxygen atoms in total. The Morgan fingerprint density at radius 2 is 1.96 bits per heavy atom. The number of thioether (sulfide) groups is 1. The van der Waals surface area contributed by atoms with Crippen LogP contribution in [0.2, 0.25) is 0 Å². The molecular formula is C16H11N5OS2. The van der Waals surface area contributed by atoms with Gasteiger partial charge >= 0.3 is 0 Å². The minimum absolute atomic E-state index is 0.493. The van der Waals surface area contributed by atoms with Gasteiger partial charge in [0, 0.05) is 35.3 Å². The van der Waals surface area contributed by atoms with Crippen molar-refractivity contribution < 1.29 is 4.42 Å². The lowest BCUT2D eigenvalue weighted by Gasteiger charge is -1.94. The Bertz CT molecular complexity index is 846. The summed E-state index contributed by atoms with van der Waals surface area (Å²) >= 11 is 3.04. The van der Waals surface area contributed by atoms with Crippen molar-refractivity contribution in [2.45, 2.75) is 11.0 Å². The fourth-order valence-electron chi connectivity index (χ4n) is 2.00. The molecule has 4 heterocycles. The molecule has 4 aromatic rings. The van der Waals surface area contributed by atoms with E-state index >= 15 is 0 Å². The Balaban J connectivity index is 1.43. The molecule has 8 heteroatoms. The zero-order chi connectivity index (χ0) is 16.2. The summed E-state index contributed by atoms with van der Waals surface area (Å²) in [6.07, 6.45) is 5.16. The van der Waals surface area contributed by atoms with E-state index in [0.717, 1.165) is 22.0 Å². The van der Waals surface area contributed by atoms with Crippen LogP contribution in [0, 0.1) is 0 Å². The third-order valence-corrected chi connectivity index (χ3v) is 4.88. The second-order valence-corrected chi connectivity index (χ2v) is 6.54. The highest BCUT2D eigenvalue weighted by Gasteiger charge is 2.11. The topological polar surface area (TPSA) is 77.6 Å². The van der Waals surface area contributed by atoms with Crippen LogP contribution in [0.3, 0.4) is 0 Å². The fourth-order valence-corrected chi connectivity index (χ4v) is 3.55. The van der Waals surface area contributed by atoms with E-state index in [2.05, 4.69) is 25.1 Å². The number of hydrogen-bond acceptors (Lipinski definition) is 8. The van der Waals surface area contributed by atoms with Gasteiger partial charge < -0.3 is 4.42 Å². The molecule has 24 heavy (non-hydrogen) atoms. The van der Waals surface area contributed by atoms with Gasteiger partial charge in [-0.2, -0.15) is 0 Å². The van der Waals surface area contributed by atoms with E-state index in [9.17, 15) is 0 Å². The predicted octanol–water partition coefficient (Wildman–Crippen LogP) is 3.94. The highest BCUT2D eigenvalue weighted by atomic mass is 32.2. The van der Waals surface area contributed by atoms with Gasteiger partial charge in [0.1, 0.15) is 5.01 Å². The highest BCUT2D eigenvalue weighted by molar-refractivity contribution is 7.98. The Hall–Kier alpha value is -2.58. The van der Waals surface area contributed by atoms with Gasteiger partial charge in [-0.1, -0.05) is 17.8 Å². The largest absolute Gasteiger partial charge is 0.411 e. The molecule has 0 amide bonds. The quantitative estimate of drug-likeness (QED) is 0.503. The minimum Gasteiger partial charge on any atom is -0.411 e. The van der Waals surface area contributed by atoms with Gasteiger partial charge in [0.15, 0.2) is 0 Å². The van der Waals surface area contributed by atoms with Crippen molar-refractivity contribution in [2.75, 3.05) is 0 Å². The van der Waals surface area contributed by atoms with Gasteiger partial charge in [0.25, 0.3) is 5.22 Å². The molecule has 0 saturated heterocycles. The SMILES string of the molecule is c1ccc(-c2nc(CSc3nnc(-c4ccncc4)o3)cs2)nc1. The fraction of sp³-hybridized carbons (Fsp3) is 0.0625. The van der Waals surface area contributed by atoms with Gasteiger partial charge in [-0.3, -0.25) is 9.97 Å². The predicted molar refractivity (Wildman–Crippen MR) is 92.4 cm³/mol. The summed E-state index contributed by atoms with van der Waals surface area (Å²) in [5.41, 5.74) is 2.71. The van der Waals surface area contributed by atoms with Gasteiger partial charge in [-0.15, -0.1) is 21.5 Å². The highest BCUT2D eigenvalue weighted by Crippen LogP contribution is 2.28. The maximum absolute atomic E-state index is 5.66. The molecule has 4 rings (SSSR count). The van der Waals surface area contributed by atoms with Crippen LogP contribution in [-0.2, 0) is 5.75 Å². The van der Waals surface area contributed by atoms with Crippen molar-refractivity contribution in [1.82, 2.24) is 25.1 Å². The van der Waals surface area contributed by atoms with E-state index in [1.807, 2.05) is 35.7 Å². The molecule has 0 bridgehead atoms. The Kier molecular flexibility index (Phi) is 4.30. The molecule has 118 valence electrons. The maximum Gasteiger partial charge on any atom is 0.277 e. The number of hydrogen-bond donors (Lipinski definition) is 0. The lowest BCUT2D eigenvalue weighted by atomic mass is 10.3. The summed E-state index contributed by atoms with van der Waals surface area (Å²) in [4.78, 5) is 12.9. The van der Waals surface area contributed by atoms with Gasteiger partial charge in [-0.25, -0.2) is 4.98 Å². The summed E-state index contributed by atoms with van der Waals surface area (Å²) in [6, 6.07) is 9.47. The first kappa shape index (κ1) is 15.0. The van der Waals surface area contributed by atoms with Crippen LogP contribution in [0.1, 0.15) is 5.69 Å². The van der Waals surface area contributed by atoms with E-state index in [1.54, 1.807) is 29.9 Å². The van der Waals surface area contributed by atoms with Crippen molar-refractivity contribution in [2.24, 2.45) is 0 Å². The van der Waals surface area contributed by atoms with Crippen LogP contribution in [0.5, 0.6) is 0 Å². The van der Waals surface area contributed by atoms with E-state index in [4.69, 9.17) is 4.42 Å². The molecule has 0 aromatic carbocycles. The number of rotatable bonds is 5. The van der Waals surface area contributed by atoms with Crippen LogP contribution >= 0.6 is 23.1 Å². The average molecular weight is 353 g/mol. The lowest BCUT2D eigenvalue weighted by Crippen LogP contribution is -1.84. The molecule has 0 unspecified atom stereocenters. The number of pyridine rings is 2. The van der Waals surface area contributed by atoms with E-state index < -0.39 is 0 Å². The van der Waals surface area contributed by atoms with Crippen LogP contribution in [0.25, 0.3) is 22.2 Å². The smallest absolute Gasteiger partial charge is 0.277 e. The molecule has 0 aliphatic heterocycles. The average Bonchev–Trinajstić information content (AvgIpc) is 3.31. The van der Waals surface area contributed by atoms with Crippen molar-refractivity contribution >= 4 is 23.1 Å². The lowest BCUT2D eigenvalue weighted by molar-refractivity contribution is 0.465. The van der Waals surface area contributed by atoms with Gasteiger partial charge in [-0.05, 0) is 24.3 Å². The van der Waals surface area contributed by atoms with Gasteiger partial charge in [0.2, 0.25) is 5.89 Å². The first-order chi connectivity index (χ1) is 11.9. The summed E-state index contributed by atoms with van der Waals surface area (Å²) in [5, 5.41) is 11.6. The molecule has 4 aromatic heterocycles. The number of thiazole rings is 1. The number of aromatic nitrogens is 5. The Morgan fingerprint density at radius 3 is 2.79 bits per heavy atom. The summed E-state index contributed by atoms with van der Waals surface area (Å²) < 4.78 is 5.66. The van der Waals surface area contributed by atoms with Crippen molar-refractivity contribution in [3.8, 4) is 22.2 Å². The van der Waals surface area contributed by atoms with Gasteiger partial charge in [0.05, 0.1) is 11.4 Å². The van der Waals surface area contributed by atoms with Crippen LogP contribution in [-0.4, -0.2) is 25.1 Å². The first-order valence-corrected chi connectivity index (χ1v) is 8.97. The van der Waals surface area contributed by atoms with Crippen LogP contribution < -0.4 is 0 Å². The van der Waals surface area contributed by atoms with E-state index in [1.165, 1.54) is 11.8 Å². The first-order valence-electron chi connectivity index (χ1n) is 7.11. The number of nitrogens with zero attached hydrogens (tertiary/aromatic N) is 5. The zero-order valence-electron chi connectivity index (χ0n) is 12.4. The molecule has 0 saturated carbocycles. The maximum atomic E-state index is 5.66. The molecule has 0 N–H and O–H groups in total. The molecular weight excluding hydrogens is 342 g/mol. The molecule has 0 fully saturated rings. The van der Waals surface area contributed by atoms with Crippen molar-refractivity contribution in [3.05, 3.63) is 60.0 Å². The third-order valence-electron chi connectivity index (χ3n) is 3.11. The molecule has 0 spiro atoms. The zero-order valence-corrected chi connectivity index (χ0v) is 14.0. The third kappa shape index (κ3) is 3.34. The Labute approximate surface area is 146 Å². The van der Waals surface area contributed by atoms with Crippen molar-refractivity contribution in [3.63, 3.8) is 0 Å². The van der Waals surface area contributed by atoms with E-state index in [0.29, 0.717) is 16.9 Å². The second kappa shape index (κ2) is 6.90.